The minimum Gasteiger partial charge on any atom is -0.394 e. The van der Waals surface area contributed by atoms with E-state index in [-0.39, 0.29) is 30.2 Å². The van der Waals surface area contributed by atoms with Crippen molar-refractivity contribution in [3.05, 3.63) is 72.3 Å². The Kier molecular flexibility index (Phi) is 9.07. The molecule has 2 aromatic carbocycles. The molecule has 208 valence electrons. The van der Waals surface area contributed by atoms with Gasteiger partial charge >= 0.3 is 0 Å². The van der Waals surface area contributed by atoms with Gasteiger partial charge in [-0.25, -0.2) is 0 Å². The van der Waals surface area contributed by atoms with Gasteiger partial charge in [-0.1, -0.05) is 49.4 Å². The zero-order valence-electron chi connectivity index (χ0n) is 23.2. The number of carbonyl (C=O) groups is 3. The van der Waals surface area contributed by atoms with Crippen LogP contribution in [0.5, 0.6) is 0 Å². The number of allylic oxidation sites excluding steroid dienone is 1. The smallest absolute Gasteiger partial charge is 0.247 e. The van der Waals surface area contributed by atoms with Crippen molar-refractivity contribution in [2.45, 2.75) is 39.3 Å². The summed E-state index contributed by atoms with van der Waals surface area (Å²) in [6.07, 6.45) is 4.61. The van der Waals surface area contributed by atoms with Crippen molar-refractivity contribution in [2.24, 2.45) is 23.7 Å². The number of anilines is 2. The highest BCUT2D eigenvalue weighted by Crippen LogP contribution is 2.47. The maximum absolute atomic E-state index is 14.2. The van der Waals surface area contributed by atoms with Crippen molar-refractivity contribution in [1.82, 2.24) is 10.2 Å². The fourth-order valence-electron chi connectivity index (χ4n) is 6.28. The minimum absolute atomic E-state index is 0.115. The Hall–Kier alpha value is -3.65. The van der Waals surface area contributed by atoms with Crippen LogP contribution in [0.1, 0.15) is 38.8 Å². The van der Waals surface area contributed by atoms with Gasteiger partial charge in [0.2, 0.25) is 17.7 Å². The summed E-state index contributed by atoms with van der Waals surface area (Å²) in [5, 5.41) is 16.2. The monoisotopic (exact) mass is 532 g/mol. The number of aliphatic hydroxyl groups excluding tert-OH is 1. The second kappa shape index (κ2) is 12.5. The van der Waals surface area contributed by atoms with E-state index in [0.29, 0.717) is 12.1 Å². The summed E-state index contributed by atoms with van der Waals surface area (Å²) in [7, 11) is 1.58. The topological polar surface area (TPSA) is 102 Å². The van der Waals surface area contributed by atoms with Gasteiger partial charge < -0.3 is 25.5 Å². The first-order chi connectivity index (χ1) is 18.9. The molecule has 1 aliphatic heterocycles. The highest BCUT2D eigenvalue weighted by atomic mass is 16.3. The normalized spacial score (nSPS) is 24.7. The first-order valence-corrected chi connectivity index (χ1v) is 13.9. The van der Waals surface area contributed by atoms with Crippen LogP contribution < -0.4 is 15.5 Å². The molecular weight excluding hydrogens is 492 g/mol. The standard InChI is InChI=1S/C31H40N4O4/c1-5-20-13-18-24-27(26(20)29(37)32-4)31(39)35(25(19-36)21-11-9-8-10-12-21)28(24)30(38)33-22-14-16-23(17-15-22)34(6-2)7-3/h8-18,20,24-28,36H,5-7,19H2,1-4H3,(H,32,37)(H,33,38)/t20-,24+,25-,26-,27-,28+/m1/s1. The number of aliphatic hydroxyl groups is 1. The maximum Gasteiger partial charge on any atom is 0.247 e. The summed E-state index contributed by atoms with van der Waals surface area (Å²) >= 11 is 0. The number of likely N-dealkylation sites (tertiary alicyclic amines) is 1. The third-order valence-corrected chi connectivity index (χ3v) is 8.29. The van der Waals surface area contributed by atoms with Gasteiger partial charge in [0.25, 0.3) is 0 Å². The van der Waals surface area contributed by atoms with Crippen LogP contribution in [0.2, 0.25) is 0 Å². The van der Waals surface area contributed by atoms with Crippen molar-refractivity contribution >= 4 is 29.1 Å². The molecule has 8 heteroatoms. The summed E-state index contributed by atoms with van der Waals surface area (Å²) in [6, 6.07) is 15.3. The van der Waals surface area contributed by atoms with Crippen molar-refractivity contribution in [3.63, 3.8) is 0 Å². The fraction of sp³-hybridized carbons (Fsp3) is 0.452. The summed E-state index contributed by atoms with van der Waals surface area (Å²) in [5.74, 6) is -2.73. The predicted octanol–water partition coefficient (Wildman–Crippen LogP) is 3.61. The number of rotatable bonds is 10. The molecule has 1 fully saturated rings. The molecule has 0 unspecified atom stereocenters. The first-order valence-electron chi connectivity index (χ1n) is 13.9. The lowest BCUT2D eigenvalue weighted by Gasteiger charge is -2.34. The van der Waals surface area contributed by atoms with Crippen LogP contribution in [-0.4, -0.2) is 60.5 Å². The molecule has 1 aliphatic carbocycles. The number of nitrogens with zero attached hydrogens (tertiary/aromatic N) is 2. The van der Waals surface area contributed by atoms with Gasteiger partial charge in [-0.3, -0.25) is 14.4 Å². The molecule has 8 nitrogen and oxygen atoms in total. The van der Waals surface area contributed by atoms with Gasteiger partial charge in [0, 0.05) is 37.4 Å². The summed E-state index contributed by atoms with van der Waals surface area (Å²) < 4.78 is 0. The molecule has 2 aliphatic rings. The molecule has 0 bridgehead atoms. The van der Waals surface area contributed by atoms with E-state index in [1.165, 1.54) is 4.90 Å². The molecule has 3 N–H and O–H groups in total. The lowest BCUT2D eigenvalue weighted by atomic mass is 9.69. The fourth-order valence-corrected chi connectivity index (χ4v) is 6.28. The Morgan fingerprint density at radius 2 is 1.64 bits per heavy atom. The zero-order chi connectivity index (χ0) is 28.1. The molecule has 0 aromatic heterocycles. The highest BCUT2D eigenvalue weighted by molar-refractivity contribution is 6.02. The molecule has 2 aromatic rings. The van der Waals surface area contributed by atoms with E-state index in [9.17, 15) is 19.5 Å². The SMILES string of the molecule is CC[C@@H]1C=C[C@H]2[C@@H](C(=O)N([C@H](CO)c3ccccc3)[C@@H]2C(=O)Nc2ccc(N(CC)CC)cc2)[C@@H]1C(=O)NC. The molecular formula is C31H40N4O4. The van der Waals surface area contributed by atoms with E-state index >= 15 is 0 Å². The average molecular weight is 533 g/mol. The van der Waals surface area contributed by atoms with Crippen LogP contribution in [-0.2, 0) is 14.4 Å². The molecule has 3 amide bonds. The number of fused-ring (bicyclic) bond motifs is 1. The number of nitrogens with one attached hydrogen (secondary N) is 2. The summed E-state index contributed by atoms with van der Waals surface area (Å²) in [6.45, 7) is 7.60. The van der Waals surface area contributed by atoms with E-state index in [1.54, 1.807) is 7.05 Å². The third kappa shape index (κ3) is 5.43. The molecule has 39 heavy (non-hydrogen) atoms. The highest BCUT2D eigenvalue weighted by Gasteiger charge is 2.58. The van der Waals surface area contributed by atoms with Gasteiger partial charge in [-0.05, 0) is 56.0 Å². The second-order valence-electron chi connectivity index (χ2n) is 10.2. The van der Waals surface area contributed by atoms with Crippen molar-refractivity contribution < 1.29 is 19.5 Å². The number of hydrogen-bond acceptors (Lipinski definition) is 5. The number of amides is 3. The van der Waals surface area contributed by atoms with E-state index in [4.69, 9.17) is 0 Å². The van der Waals surface area contributed by atoms with Crippen LogP contribution in [0.4, 0.5) is 11.4 Å². The van der Waals surface area contributed by atoms with Crippen LogP contribution >= 0.6 is 0 Å². The molecule has 1 heterocycles. The molecule has 4 rings (SSSR count). The molecule has 6 atom stereocenters. The Morgan fingerprint density at radius 3 is 2.21 bits per heavy atom. The maximum atomic E-state index is 14.2. The van der Waals surface area contributed by atoms with Crippen LogP contribution in [0.25, 0.3) is 0 Å². The van der Waals surface area contributed by atoms with Crippen molar-refractivity contribution in [3.8, 4) is 0 Å². The van der Waals surface area contributed by atoms with E-state index in [0.717, 1.165) is 24.3 Å². The van der Waals surface area contributed by atoms with Gasteiger partial charge in [0.05, 0.1) is 24.5 Å². The lowest BCUT2D eigenvalue weighted by Crippen LogP contribution is -2.46. The predicted molar refractivity (Wildman–Crippen MR) is 153 cm³/mol. The quantitative estimate of drug-likeness (QED) is 0.406. The van der Waals surface area contributed by atoms with Gasteiger partial charge in [-0.15, -0.1) is 0 Å². The largest absolute Gasteiger partial charge is 0.394 e. The van der Waals surface area contributed by atoms with E-state index < -0.39 is 29.8 Å². The number of carbonyl (C=O) groups excluding carboxylic acids is 3. The Morgan fingerprint density at radius 1 is 0.974 bits per heavy atom. The number of hydrogen-bond donors (Lipinski definition) is 3. The summed E-state index contributed by atoms with van der Waals surface area (Å²) in [4.78, 5) is 45.0. The van der Waals surface area contributed by atoms with Gasteiger partial charge in [0.15, 0.2) is 0 Å². The van der Waals surface area contributed by atoms with Crippen molar-refractivity contribution in [1.29, 1.82) is 0 Å². The van der Waals surface area contributed by atoms with Crippen LogP contribution in [0, 0.1) is 23.7 Å². The van der Waals surface area contributed by atoms with Gasteiger partial charge in [-0.2, -0.15) is 0 Å². The average Bonchev–Trinajstić information content (AvgIpc) is 3.26. The Labute approximate surface area is 231 Å². The molecule has 0 saturated carbocycles. The second-order valence-corrected chi connectivity index (χ2v) is 10.2. The minimum atomic E-state index is -0.886. The molecule has 0 spiro atoms. The van der Waals surface area contributed by atoms with E-state index in [1.807, 2.05) is 73.7 Å². The molecule has 0 radical (unpaired) electrons. The van der Waals surface area contributed by atoms with Crippen LogP contribution in [0.3, 0.4) is 0 Å². The lowest BCUT2D eigenvalue weighted by molar-refractivity contribution is -0.143. The first kappa shape index (κ1) is 28.4. The summed E-state index contributed by atoms with van der Waals surface area (Å²) in [5.41, 5.74) is 2.43. The van der Waals surface area contributed by atoms with Gasteiger partial charge in [0.1, 0.15) is 6.04 Å². The van der Waals surface area contributed by atoms with E-state index in [2.05, 4.69) is 29.4 Å². The van der Waals surface area contributed by atoms with Crippen molar-refractivity contribution in [2.75, 3.05) is 37.0 Å². The van der Waals surface area contributed by atoms with Crippen LogP contribution in [0.15, 0.2) is 66.7 Å². The Bertz CT molecular complexity index is 1180. The third-order valence-electron chi connectivity index (χ3n) is 8.29. The molecule has 1 saturated heterocycles. The Balaban J connectivity index is 1.73. The number of benzene rings is 2. The zero-order valence-corrected chi connectivity index (χ0v) is 23.2.